The second-order valence-electron chi connectivity index (χ2n) is 7.83. The van der Waals surface area contributed by atoms with Gasteiger partial charge in [0.05, 0.1) is 6.20 Å². The zero-order valence-corrected chi connectivity index (χ0v) is 18.3. The standard InChI is InChI=1S/C21H19F2N3O2.C3H8.H2/c1-12-7-15(11-26(21(12)27)10-14-3-4-14)20-19(9-24-13(2)25-20)28-18-6-5-16(22)8-17(18)23;1-3-2;/h5-9,11,14H,3-4,10H2,1-2H3;3H2,1-2H3;1H. The third-order valence-corrected chi connectivity index (χ3v) is 4.68. The third kappa shape index (κ3) is 5.75. The summed E-state index contributed by atoms with van der Waals surface area (Å²) in [5.74, 6) is -0.359. The van der Waals surface area contributed by atoms with Gasteiger partial charge in [0.15, 0.2) is 17.3 Å². The average Bonchev–Trinajstić information content (AvgIpc) is 3.53. The summed E-state index contributed by atoms with van der Waals surface area (Å²) < 4.78 is 34.5. The highest BCUT2D eigenvalue weighted by Gasteiger charge is 2.23. The van der Waals surface area contributed by atoms with Crippen LogP contribution >= 0.6 is 0 Å². The van der Waals surface area contributed by atoms with Crippen molar-refractivity contribution in [3.8, 4) is 22.8 Å². The quantitative estimate of drug-likeness (QED) is 0.494. The van der Waals surface area contributed by atoms with Crippen molar-refractivity contribution >= 4 is 0 Å². The van der Waals surface area contributed by atoms with Crippen molar-refractivity contribution in [3.05, 3.63) is 70.0 Å². The van der Waals surface area contributed by atoms with Gasteiger partial charge in [0.25, 0.3) is 5.56 Å². The fourth-order valence-electron chi connectivity index (χ4n) is 3.05. The molecule has 1 aliphatic carbocycles. The van der Waals surface area contributed by atoms with Crippen LogP contribution in [0.15, 0.2) is 41.5 Å². The lowest BCUT2D eigenvalue weighted by atomic mass is 10.1. The predicted molar refractivity (Wildman–Crippen MR) is 118 cm³/mol. The lowest BCUT2D eigenvalue weighted by molar-refractivity contribution is 0.435. The fraction of sp³-hybridized carbons (Fsp3) is 0.375. The van der Waals surface area contributed by atoms with Crippen molar-refractivity contribution in [2.75, 3.05) is 0 Å². The Morgan fingerprint density at radius 2 is 1.87 bits per heavy atom. The van der Waals surface area contributed by atoms with E-state index >= 15 is 0 Å². The molecule has 0 saturated heterocycles. The minimum Gasteiger partial charge on any atom is -0.450 e. The fourth-order valence-corrected chi connectivity index (χ4v) is 3.05. The number of pyridine rings is 1. The number of hydrogen-bond acceptors (Lipinski definition) is 4. The molecule has 5 nitrogen and oxygen atoms in total. The highest BCUT2D eigenvalue weighted by Crippen LogP contribution is 2.34. The number of nitrogens with zero attached hydrogens (tertiary/aromatic N) is 3. The number of benzene rings is 1. The number of aromatic nitrogens is 3. The third-order valence-electron chi connectivity index (χ3n) is 4.68. The van der Waals surface area contributed by atoms with E-state index in [0.717, 1.165) is 25.0 Å². The first-order valence-electron chi connectivity index (χ1n) is 10.5. The summed E-state index contributed by atoms with van der Waals surface area (Å²) in [7, 11) is 0. The maximum absolute atomic E-state index is 14.0. The molecule has 31 heavy (non-hydrogen) atoms. The molecule has 4 rings (SSSR count). The molecule has 0 unspecified atom stereocenters. The van der Waals surface area contributed by atoms with Gasteiger partial charge in [0.1, 0.15) is 17.3 Å². The summed E-state index contributed by atoms with van der Waals surface area (Å²) in [4.78, 5) is 21.0. The van der Waals surface area contributed by atoms with Gasteiger partial charge in [-0.1, -0.05) is 20.3 Å². The second-order valence-corrected chi connectivity index (χ2v) is 7.83. The van der Waals surface area contributed by atoms with E-state index in [0.29, 0.717) is 35.1 Å². The molecule has 0 aliphatic heterocycles. The molecule has 2 aromatic heterocycles. The number of hydrogen-bond donors (Lipinski definition) is 0. The highest BCUT2D eigenvalue weighted by molar-refractivity contribution is 5.66. The Bertz CT molecular complexity index is 1130. The predicted octanol–water partition coefficient (Wildman–Crippen LogP) is 6.06. The maximum atomic E-state index is 14.0. The van der Waals surface area contributed by atoms with Crippen LogP contribution in [0.2, 0.25) is 0 Å². The van der Waals surface area contributed by atoms with Gasteiger partial charge in [-0.3, -0.25) is 4.79 Å². The van der Waals surface area contributed by atoms with Gasteiger partial charge < -0.3 is 9.30 Å². The molecule has 0 N–H and O–H groups in total. The van der Waals surface area contributed by atoms with E-state index in [9.17, 15) is 13.6 Å². The number of ether oxygens (including phenoxy) is 1. The zero-order valence-electron chi connectivity index (χ0n) is 18.3. The Balaban J connectivity index is 0.000000860. The van der Waals surface area contributed by atoms with Crippen LogP contribution in [0.25, 0.3) is 11.3 Å². The van der Waals surface area contributed by atoms with E-state index in [1.54, 1.807) is 30.7 Å². The number of rotatable bonds is 5. The highest BCUT2D eigenvalue weighted by atomic mass is 19.1. The van der Waals surface area contributed by atoms with Crippen LogP contribution in [0, 0.1) is 31.4 Å². The SMILES string of the molecule is CCC.Cc1ncc(Oc2ccc(F)cc2F)c(-c2cc(C)c(=O)n(CC3CC3)c2)n1.[HH]. The minimum absolute atomic E-state index is 0. The van der Waals surface area contributed by atoms with Crippen LogP contribution in [0.4, 0.5) is 8.78 Å². The largest absolute Gasteiger partial charge is 0.450 e. The van der Waals surface area contributed by atoms with Crippen molar-refractivity contribution in [2.45, 2.75) is 53.5 Å². The van der Waals surface area contributed by atoms with Gasteiger partial charge in [0, 0.05) is 31.4 Å². The summed E-state index contributed by atoms with van der Waals surface area (Å²) >= 11 is 0. The molecule has 2 heterocycles. The summed E-state index contributed by atoms with van der Waals surface area (Å²) in [6.07, 6.45) is 6.70. The van der Waals surface area contributed by atoms with Gasteiger partial charge in [-0.15, -0.1) is 0 Å². The Kier molecular flexibility index (Phi) is 7.15. The average molecular weight is 430 g/mol. The molecule has 1 aliphatic rings. The van der Waals surface area contributed by atoms with E-state index in [1.807, 2.05) is 0 Å². The molecule has 0 atom stereocenters. The molecule has 0 radical (unpaired) electrons. The van der Waals surface area contributed by atoms with E-state index < -0.39 is 11.6 Å². The molecular weight excluding hydrogens is 400 g/mol. The Hall–Kier alpha value is -3.09. The number of aryl methyl sites for hydroxylation is 2. The Labute approximate surface area is 182 Å². The molecule has 1 fully saturated rings. The molecule has 166 valence electrons. The molecule has 3 aromatic rings. The topological polar surface area (TPSA) is 57.0 Å². The van der Waals surface area contributed by atoms with Gasteiger partial charge in [-0.05, 0) is 50.8 Å². The molecule has 1 saturated carbocycles. The van der Waals surface area contributed by atoms with Crippen LogP contribution in [0.1, 0.15) is 45.9 Å². The van der Waals surface area contributed by atoms with Crippen LogP contribution < -0.4 is 10.3 Å². The van der Waals surface area contributed by atoms with Gasteiger partial charge in [0.2, 0.25) is 0 Å². The summed E-state index contributed by atoms with van der Waals surface area (Å²) in [5, 5.41) is 0. The zero-order chi connectivity index (χ0) is 22.5. The summed E-state index contributed by atoms with van der Waals surface area (Å²) in [6, 6.07) is 4.83. The van der Waals surface area contributed by atoms with Crippen molar-refractivity contribution < 1.29 is 14.9 Å². The van der Waals surface area contributed by atoms with Crippen LogP contribution in [-0.2, 0) is 6.54 Å². The van der Waals surface area contributed by atoms with E-state index in [-0.39, 0.29) is 18.5 Å². The first kappa shape index (κ1) is 22.6. The molecular formula is C24H29F2N3O2. The van der Waals surface area contributed by atoms with Crippen molar-refractivity contribution in [1.82, 2.24) is 14.5 Å². The monoisotopic (exact) mass is 429 g/mol. The smallest absolute Gasteiger partial charge is 0.253 e. The lowest BCUT2D eigenvalue weighted by Gasteiger charge is -2.14. The summed E-state index contributed by atoms with van der Waals surface area (Å²) in [5.41, 5.74) is 1.69. The molecule has 0 amide bonds. The summed E-state index contributed by atoms with van der Waals surface area (Å²) in [6.45, 7) is 8.41. The van der Waals surface area contributed by atoms with Gasteiger partial charge >= 0.3 is 0 Å². The van der Waals surface area contributed by atoms with E-state index in [4.69, 9.17) is 4.74 Å². The van der Waals surface area contributed by atoms with Crippen LogP contribution in [-0.4, -0.2) is 14.5 Å². The van der Waals surface area contributed by atoms with Gasteiger partial charge in [-0.25, -0.2) is 18.7 Å². The van der Waals surface area contributed by atoms with Crippen molar-refractivity contribution in [3.63, 3.8) is 0 Å². The van der Waals surface area contributed by atoms with Crippen molar-refractivity contribution in [2.24, 2.45) is 5.92 Å². The minimum atomic E-state index is -0.818. The van der Waals surface area contributed by atoms with Gasteiger partial charge in [-0.2, -0.15) is 0 Å². The first-order chi connectivity index (χ1) is 14.8. The van der Waals surface area contributed by atoms with Crippen LogP contribution in [0.5, 0.6) is 11.5 Å². The molecule has 1 aromatic carbocycles. The second kappa shape index (κ2) is 9.81. The molecule has 7 heteroatoms. The van der Waals surface area contributed by atoms with Crippen molar-refractivity contribution in [1.29, 1.82) is 0 Å². The maximum Gasteiger partial charge on any atom is 0.253 e. The van der Waals surface area contributed by atoms with E-state index in [2.05, 4.69) is 23.8 Å². The lowest BCUT2D eigenvalue weighted by Crippen LogP contribution is -2.22. The normalized spacial score (nSPS) is 12.8. The molecule has 0 spiro atoms. The Morgan fingerprint density at radius 1 is 1.16 bits per heavy atom. The number of halogens is 2. The molecule has 0 bridgehead atoms. The Morgan fingerprint density at radius 3 is 2.52 bits per heavy atom. The van der Waals surface area contributed by atoms with E-state index in [1.165, 1.54) is 18.7 Å². The first-order valence-corrected chi connectivity index (χ1v) is 10.5. The van der Waals surface area contributed by atoms with Crippen LogP contribution in [0.3, 0.4) is 0 Å².